The largest absolute Gasteiger partial charge is 0.416 e. The first kappa shape index (κ1) is 30.8. The van der Waals surface area contributed by atoms with Crippen molar-refractivity contribution in [2.75, 3.05) is 34.7 Å². The summed E-state index contributed by atoms with van der Waals surface area (Å²) in [4.78, 5) is 29.0. The van der Waals surface area contributed by atoms with E-state index in [1.54, 1.807) is 54.6 Å². The lowest BCUT2D eigenvalue weighted by molar-refractivity contribution is -0.871. The van der Waals surface area contributed by atoms with Gasteiger partial charge in [0.05, 0.1) is 45.4 Å². The van der Waals surface area contributed by atoms with E-state index in [9.17, 15) is 35.9 Å². The molecule has 222 valence electrons. The van der Waals surface area contributed by atoms with Gasteiger partial charge in [-0.15, -0.1) is 0 Å². The summed E-state index contributed by atoms with van der Waals surface area (Å²) in [7, 11) is 7.05. The zero-order valence-electron chi connectivity index (χ0n) is 23.5. The summed E-state index contributed by atoms with van der Waals surface area (Å²) >= 11 is 0. The molecule has 3 aromatic carbocycles. The third-order valence-electron chi connectivity index (χ3n) is 6.85. The van der Waals surface area contributed by atoms with E-state index in [0.717, 1.165) is 4.90 Å². The average Bonchev–Trinajstić information content (AvgIpc) is 2.90. The number of carbonyl (C=O) groups excluding carboxylic acids is 1. The number of hydrogen-bond acceptors (Lipinski definition) is 2. The topological polar surface area (TPSA) is 42.3 Å². The summed E-state index contributed by atoms with van der Waals surface area (Å²) in [5.74, 6) is -0.718. The summed E-state index contributed by atoms with van der Waals surface area (Å²) in [5.41, 5.74) is -2.63. The Bertz CT molecular complexity index is 1640. The predicted molar refractivity (Wildman–Crippen MR) is 149 cm³/mol. The number of benzene rings is 3. The maximum Gasteiger partial charge on any atom is 0.416 e. The quantitative estimate of drug-likeness (QED) is 0.178. The van der Waals surface area contributed by atoms with Crippen LogP contribution >= 0.6 is 0 Å². The lowest BCUT2D eigenvalue weighted by Crippen LogP contribution is -2.41. The fourth-order valence-electron chi connectivity index (χ4n) is 4.77. The first-order valence-electron chi connectivity index (χ1n) is 13.0. The Kier molecular flexibility index (Phi) is 8.28. The van der Waals surface area contributed by atoms with Crippen LogP contribution in [0.1, 0.15) is 27.2 Å². The minimum atomic E-state index is -5.02. The Morgan fingerprint density at radius 2 is 1.33 bits per heavy atom. The molecular formula is C31H30F6N3O2+. The van der Waals surface area contributed by atoms with E-state index in [0.29, 0.717) is 45.1 Å². The predicted octanol–water partition coefficient (Wildman–Crippen LogP) is 6.68. The van der Waals surface area contributed by atoms with Crippen LogP contribution in [0.25, 0.3) is 21.9 Å². The number of nitrogens with zero attached hydrogens (tertiary/aromatic N) is 3. The molecule has 1 amide bonds. The molecule has 0 N–H and O–H groups in total. The van der Waals surface area contributed by atoms with Crippen LogP contribution in [0.3, 0.4) is 0 Å². The van der Waals surface area contributed by atoms with Gasteiger partial charge in [-0.3, -0.25) is 14.2 Å². The van der Waals surface area contributed by atoms with Gasteiger partial charge >= 0.3 is 12.4 Å². The Labute approximate surface area is 238 Å². The highest BCUT2D eigenvalue weighted by atomic mass is 19.4. The zero-order valence-corrected chi connectivity index (χ0v) is 23.5. The van der Waals surface area contributed by atoms with Crippen LogP contribution in [0.5, 0.6) is 0 Å². The van der Waals surface area contributed by atoms with Crippen molar-refractivity contribution in [3.63, 3.8) is 0 Å². The van der Waals surface area contributed by atoms with Crippen LogP contribution in [0.15, 0.2) is 77.6 Å². The summed E-state index contributed by atoms with van der Waals surface area (Å²) < 4.78 is 82.7. The highest BCUT2D eigenvalue weighted by Gasteiger charge is 2.37. The molecule has 4 aromatic rings. The van der Waals surface area contributed by atoms with E-state index < -0.39 is 41.5 Å². The minimum absolute atomic E-state index is 0.00358. The molecule has 0 bridgehead atoms. The monoisotopic (exact) mass is 590 g/mol. The van der Waals surface area contributed by atoms with Gasteiger partial charge in [-0.25, -0.2) is 0 Å². The molecule has 0 saturated carbocycles. The fraction of sp³-hybridized carbons (Fsp3) is 0.290. The molecule has 0 fully saturated rings. The minimum Gasteiger partial charge on any atom is -0.336 e. The van der Waals surface area contributed by atoms with Crippen LogP contribution in [0, 0.1) is 0 Å². The van der Waals surface area contributed by atoms with Crippen LogP contribution < -0.4 is 5.56 Å². The van der Waals surface area contributed by atoms with Gasteiger partial charge in [0.2, 0.25) is 0 Å². The number of likely N-dealkylation sites (N-methyl/N-ethyl adjacent to an activating group) is 1. The highest BCUT2D eigenvalue weighted by Crippen LogP contribution is 2.37. The number of carbonyl (C=O) groups is 1. The smallest absolute Gasteiger partial charge is 0.336 e. The van der Waals surface area contributed by atoms with E-state index in [-0.39, 0.29) is 23.9 Å². The molecule has 0 atom stereocenters. The van der Waals surface area contributed by atoms with Gasteiger partial charge in [0, 0.05) is 24.5 Å². The molecule has 0 aliphatic heterocycles. The summed E-state index contributed by atoms with van der Waals surface area (Å²) in [6.07, 6.45) is -10.0. The lowest BCUT2D eigenvalue weighted by Gasteiger charge is -2.27. The standard InChI is InChI=1S/C31H30F6N3O2/c1-38(19-20-16-22(30(32,33)34)18-23(17-20)31(35,36)37)29(42)27-26(21-10-6-5-7-11-21)24-12-8-9-13-25(24)28(41)39(27)14-15-40(2,3)4/h5-13,16-18H,14-15,19H2,1-4H3/q+1. The third-order valence-corrected chi connectivity index (χ3v) is 6.85. The van der Waals surface area contributed by atoms with Crippen molar-refractivity contribution >= 4 is 16.7 Å². The number of aromatic nitrogens is 1. The first-order valence-corrected chi connectivity index (χ1v) is 13.0. The molecule has 11 heteroatoms. The molecule has 4 rings (SSSR count). The summed E-state index contributed by atoms with van der Waals surface area (Å²) in [5, 5.41) is 0.884. The van der Waals surface area contributed by atoms with Gasteiger partial charge in [-0.2, -0.15) is 26.3 Å². The van der Waals surface area contributed by atoms with E-state index in [2.05, 4.69) is 0 Å². The van der Waals surface area contributed by atoms with E-state index >= 15 is 0 Å². The van der Waals surface area contributed by atoms with Crippen LogP contribution in [0.4, 0.5) is 26.3 Å². The number of fused-ring (bicyclic) bond motifs is 1. The van der Waals surface area contributed by atoms with Gasteiger partial charge in [0.1, 0.15) is 5.69 Å². The molecule has 42 heavy (non-hydrogen) atoms. The molecule has 1 aromatic heterocycles. The van der Waals surface area contributed by atoms with Gasteiger partial charge < -0.3 is 9.38 Å². The number of amides is 1. The number of rotatable bonds is 7. The number of alkyl halides is 6. The van der Waals surface area contributed by atoms with Gasteiger partial charge in [-0.05, 0) is 40.8 Å². The fourth-order valence-corrected chi connectivity index (χ4v) is 4.77. The van der Waals surface area contributed by atoms with Crippen molar-refractivity contribution < 1.29 is 35.6 Å². The van der Waals surface area contributed by atoms with Crippen LogP contribution in [0.2, 0.25) is 0 Å². The van der Waals surface area contributed by atoms with E-state index in [4.69, 9.17) is 0 Å². The Morgan fingerprint density at radius 3 is 1.86 bits per heavy atom. The molecule has 0 unspecified atom stereocenters. The highest BCUT2D eigenvalue weighted by molar-refractivity contribution is 6.08. The van der Waals surface area contributed by atoms with Crippen molar-refractivity contribution in [1.82, 2.24) is 9.47 Å². The summed E-state index contributed by atoms with van der Waals surface area (Å²) in [6.45, 7) is 0.0408. The molecular weight excluding hydrogens is 560 g/mol. The molecule has 0 spiro atoms. The molecule has 0 aliphatic rings. The van der Waals surface area contributed by atoms with E-state index in [1.807, 2.05) is 21.1 Å². The third kappa shape index (κ3) is 6.67. The van der Waals surface area contributed by atoms with Crippen LogP contribution in [-0.4, -0.2) is 54.6 Å². The molecule has 0 radical (unpaired) electrons. The van der Waals surface area contributed by atoms with Gasteiger partial charge in [-0.1, -0.05) is 48.5 Å². The zero-order chi connectivity index (χ0) is 31.0. The number of halogens is 6. The molecule has 0 saturated heterocycles. The van der Waals surface area contributed by atoms with Crippen molar-refractivity contribution in [3.05, 3.63) is 106 Å². The second-order valence-electron chi connectivity index (χ2n) is 11.2. The van der Waals surface area contributed by atoms with Gasteiger partial charge in [0.15, 0.2) is 0 Å². The molecule has 0 aliphatic carbocycles. The lowest BCUT2D eigenvalue weighted by atomic mass is 9.96. The van der Waals surface area contributed by atoms with Crippen LogP contribution in [-0.2, 0) is 25.4 Å². The van der Waals surface area contributed by atoms with Crippen molar-refractivity contribution in [2.45, 2.75) is 25.4 Å². The first-order chi connectivity index (χ1) is 19.5. The second-order valence-corrected chi connectivity index (χ2v) is 11.2. The van der Waals surface area contributed by atoms with Gasteiger partial charge in [0.25, 0.3) is 11.5 Å². The molecule has 5 nitrogen and oxygen atoms in total. The van der Waals surface area contributed by atoms with Crippen molar-refractivity contribution in [2.24, 2.45) is 0 Å². The summed E-state index contributed by atoms with van der Waals surface area (Å²) in [6, 6.07) is 16.9. The Balaban J connectivity index is 1.92. The SMILES string of the molecule is CN(Cc1cc(C(F)(F)F)cc(C(F)(F)F)c1)C(=O)c1c(-c2ccccc2)c2ccccc2c(=O)n1CC[N+](C)(C)C. The normalized spacial score (nSPS) is 12.5. The maximum atomic E-state index is 14.2. The Hall–Kier alpha value is -4.12. The second kappa shape index (κ2) is 11.3. The average molecular weight is 591 g/mol. The van der Waals surface area contributed by atoms with E-state index in [1.165, 1.54) is 11.6 Å². The number of hydrogen-bond donors (Lipinski definition) is 0. The number of quaternary nitrogens is 1. The Morgan fingerprint density at radius 1 is 0.810 bits per heavy atom. The number of pyridine rings is 1. The van der Waals surface area contributed by atoms with Crippen molar-refractivity contribution in [1.29, 1.82) is 0 Å². The molecule has 1 heterocycles. The maximum absolute atomic E-state index is 14.2. The van der Waals surface area contributed by atoms with Crippen molar-refractivity contribution in [3.8, 4) is 11.1 Å².